The van der Waals surface area contributed by atoms with Gasteiger partial charge in [0.15, 0.2) is 0 Å². The van der Waals surface area contributed by atoms with Gasteiger partial charge in [-0.1, -0.05) is 60.7 Å². The van der Waals surface area contributed by atoms with Crippen LogP contribution in [0.25, 0.3) is 0 Å². The van der Waals surface area contributed by atoms with Crippen LogP contribution in [0, 0.1) is 11.3 Å². The lowest BCUT2D eigenvalue weighted by Crippen LogP contribution is -2.33. The molecule has 0 saturated carbocycles. The molecule has 3 aromatic rings. The second kappa shape index (κ2) is 8.62. The lowest BCUT2D eigenvalue weighted by molar-refractivity contribution is 0.422. The van der Waals surface area contributed by atoms with Crippen molar-refractivity contribution in [2.75, 3.05) is 9.80 Å². The molecule has 0 saturated heterocycles. The first-order valence-electron chi connectivity index (χ1n) is 14.7. The SMILES string of the molecule is N#Cc1ccc2c(c1)C1CC(N3c4cccc(N5c6ccccc6C6CC=CCC65)c4C4C=CC=CC43)=CC=C1O2. The molecule has 3 aliphatic carbocycles. The van der Waals surface area contributed by atoms with Crippen molar-refractivity contribution in [1.82, 2.24) is 0 Å². The summed E-state index contributed by atoms with van der Waals surface area (Å²) < 4.78 is 6.22. The Kier molecular flexibility index (Phi) is 4.84. The van der Waals surface area contributed by atoms with E-state index in [2.05, 4.69) is 107 Å². The van der Waals surface area contributed by atoms with E-state index in [9.17, 15) is 5.26 Å². The molecule has 3 aromatic carbocycles. The smallest absolute Gasteiger partial charge is 0.130 e. The van der Waals surface area contributed by atoms with Crippen LogP contribution in [0.2, 0.25) is 0 Å². The van der Waals surface area contributed by atoms with Gasteiger partial charge in [0.1, 0.15) is 11.5 Å². The van der Waals surface area contributed by atoms with Crippen molar-refractivity contribution in [3.8, 4) is 11.8 Å². The first-order chi connectivity index (χ1) is 20.3. The Hall–Kier alpha value is -4.75. The molecule has 198 valence electrons. The molecule has 9 rings (SSSR count). The number of ether oxygens (including phenoxy) is 1. The van der Waals surface area contributed by atoms with Crippen LogP contribution in [-0.2, 0) is 0 Å². The molecule has 0 aromatic heterocycles. The standard InChI is InChI=1S/C37H29N3O/c38-22-23-16-18-35-28(20-23)29-21-24(17-19-36(29)41-35)39-32-13-6-3-10-27(32)37-33(39)14-7-15-34(37)40-30-11-4-1-8-25(30)26-9-2-5-12-31(26)40/h1-8,10-11,13-20,26-27,29,31-32H,9,12,21H2. The van der Waals surface area contributed by atoms with Gasteiger partial charge in [-0.2, -0.15) is 5.26 Å². The topological polar surface area (TPSA) is 39.5 Å². The van der Waals surface area contributed by atoms with Gasteiger partial charge >= 0.3 is 0 Å². The molecule has 0 radical (unpaired) electrons. The number of rotatable bonds is 2. The van der Waals surface area contributed by atoms with Gasteiger partial charge in [0.2, 0.25) is 0 Å². The maximum Gasteiger partial charge on any atom is 0.130 e. The highest BCUT2D eigenvalue weighted by Crippen LogP contribution is 2.57. The van der Waals surface area contributed by atoms with E-state index in [1.54, 1.807) is 0 Å². The number of hydrogen-bond donors (Lipinski definition) is 0. The summed E-state index contributed by atoms with van der Waals surface area (Å²) in [6.45, 7) is 0. The molecule has 41 heavy (non-hydrogen) atoms. The molecule has 3 heterocycles. The van der Waals surface area contributed by atoms with Crippen molar-refractivity contribution >= 4 is 17.1 Å². The summed E-state index contributed by atoms with van der Waals surface area (Å²) in [6.07, 6.45) is 21.3. The van der Waals surface area contributed by atoms with Crippen LogP contribution in [0.1, 0.15) is 59.3 Å². The van der Waals surface area contributed by atoms with Gasteiger partial charge in [-0.3, -0.25) is 0 Å². The minimum Gasteiger partial charge on any atom is -0.461 e. The number of benzene rings is 3. The largest absolute Gasteiger partial charge is 0.461 e. The fourth-order valence-electron chi connectivity index (χ4n) is 8.18. The Labute approximate surface area is 240 Å². The molecule has 5 atom stereocenters. The molecule has 3 aliphatic heterocycles. The molecule has 0 amide bonds. The zero-order valence-corrected chi connectivity index (χ0v) is 22.7. The average Bonchev–Trinajstić information content (AvgIpc) is 3.68. The lowest BCUT2D eigenvalue weighted by Gasteiger charge is -2.33. The highest BCUT2D eigenvalue weighted by molar-refractivity contribution is 5.84. The fraction of sp³-hybridized carbons (Fsp3) is 0.216. The normalized spacial score (nSPS) is 27.5. The second-order valence-electron chi connectivity index (χ2n) is 11.9. The highest BCUT2D eigenvalue weighted by Gasteiger charge is 2.46. The summed E-state index contributed by atoms with van der Waals surface area (Å²) in [5.74, 6) is 2.80. The average molecular weight is 532 g/mol. The Balaban J connectivity index is 1.16. The van der Waals surface area contributed by atoms with E-state index in [4.69, 9.17) is 4.74 Å². The van der Waals surface area contributed by atoms with Gasteiger partial charge in [0.05, 0.1) is 23.6 Å². The molecular formula is C37H29N3O. The van der Waals surface area contributed by atoms with Crippen LogP contribution in [0.5, 0.6) is 5.75 Å². The molecule has 6 aliphatic rings. The van der Waals surface area contributed by atoms with Gasteiger partial charge in [0.25, 0.3) is 0 Å². The second-order valence-corrected chi connectivity index (χ2v) is 11.9. The van der Waals surface area contributed by atoms with Gasteiger partial charge in [-0.05, 0) is 67.0 Å². The lowest BCUT2D eigenvalue weighted by atomic mass is 9.85. The zero-order chi connectivity index (χ0) is 27.1. The quantitative estimate of drug-likeness (QED) is 0.312. The number of anilines is 3. The summed E-state index contributed by atoms with van der Waals surface area (Å²) >= 11 is 0. The maximum absolute atomic E-state index is 9.53. The van der Waals surface area contributed by atoms with Crippen molar-refractivity contribution in [3.63, 3.8) is 0 Å². The summed E-state index contributed by atoms with van der Waals surface area (Å²) in [5, 5.41) is 9.53. The summed E-state index contributed by atoms with van der Waals surface area (Å²) in [5.41, 5.74) is 10.0. The Morgan fingerprint density at radius 1 is 0.805 bits per heavy atom. The zero-order valence-electron chi connectivity index (χ0n) is 22.7. The van der Waals surface area contributed by atoms with Crippen molar-refractivity contribution in [2.24, 2.45) is 0 Å². The molecule has 0 fully saturated rings. The first-order valence-corrected chi connectivity index (χ1v) is 14.7. The highest BCUT2D eigenvalue weighted by atomic mass is 16.5. The third-order valence-corrected chi connectivity index (χ3v) is 9.89. The number of nitrogens with zero attached hydrogens (tertiary/aromatic N) is 3. The molecule has 0 spiro atoms. The predicted molar refractivity (Wildman–Crippen MR) is 163 cm³/mol. The number of nitriles is 1. The minimum atomic E-state index is 0.132. The van der Waals surface area contributed by atoms with Crippen LogP contribution in [0.3, 0.4) is 0 Å². The van der Waals surface area contributed by atoms with Crippen LogP contribution in [0.4, 0.5) is 17.1 Å². The van der Waals surface area contributed by atoms with Gasteiger partial charge in [0, 0.05) is 58.2 Å². The Bertz CT molecular complexity index is 1820. The van der Waals surface area contributed by atoms with E-state index in [-0.39, 0.29) is 17.9 Å². The number of fused-ring (bicyclic) bond motifs is 9. The van der Waals surface area contributed by atoms with Crippen LogP contribution in [-0.4, -0.2) is 12.1 Å². The van der Waals surface area contributed by atoms with E-state index in [1.165, 1.54) is 33.9 Å². The third kappa shape index (κ3) is 3.21. The Morgan fingerprint density at radius 2 is 1.63 bits per heavy atom. The van der Waals surface area contributed by atoms with E-state index in [0.29, 0.717) is 17.5 Å². The summed E-state index contributed by atoms with van der Waals surface area (Å²) in [6, 6.07) is 24.7. The van der Waals surface area contributed by atoms with Gasteiger partial charge in [-0.25, -0.2) is 0 Å². The van der Waals surface area contributed by atoms with Gasteiger partial charge in [-0.15, -0.1) is 0 Å². The Morgan fingerprint density at radius 3 is 2.56 bits per heavy atom. The molecule has 5 unspecified atom stereocenters. The first kappa shape index (κ1) is 23.0. The van der Waals surface area contributed by atoms with E-state index < -0.39 is 0 Å². The van der Waals surface area contributed by atoms with Crippen molar-refractivity contribution in [2.45, 2.75) is 49.1 Å². The molecule has 4 heteroatoms. The molecular weight excluding hydrogens is 502 g/mol. The molecule has 4 nitrogen and oxygen atoms in total. The van der Waals surface area contributed by atoms with Gasteiger partial charge < -0.3 is 14.5 Å². The predicted octanol–water partition coefficient (Wildman–Crippen LogP) is 8.26. The van der Waals surface area contributed by atoms with Crippen molar-refractivity contribution in [3.05, 3.63) is 143 Å². The van der Waals surface area contributed by atoms with Crippen LogP contribution in [0.15, 0.2) is 121 Å². The van der Waals surface area contributed by atoms with Crippen LogP contribution < -0.4 is 14.5 Å². The van der Waals surface area contributed by atoms with E-state index in [1.807, 2.05) is 18.2 Å². The van der Waals surface area contributed by atoms with Crippen LogP contribution >= 0.6 is 0 Å². The van der Waals surface area contributed by atoms with E-state index >= 15 is 0 Å². The van der Waals surface area contributed by atoms with Crippen molar-refractivity contribution in [1.29, 1.82) is 5.26 Å². The summed E-state index contributed by atoms with van der Waals surface area (Å²) in [4.78, 5) is 5.23. The van der Waals surface area contributed by atoms with E-state index in [0.717, 1.165) is 36.3 Å². The molecule has 0 N–H and O–H groups in total. The number of para-hydroxylation sites is 1. The summed E-state index contributed by atoms with van der Waals surface area (Å²) in [7, 11) is 0. The fourth-order valence-corrected chi connectivity index (χ4v) is 8.18. The third-order valence-electron chi connectivity index (χ3n) is 9.89. The van der Waals surface area contributed by atoms with Crippen molar-refractivity contribution < 1.29 is 4.74 Å². The maximum atomic E-state index is 9.53. The molecule has 0 bridgehead atoms. The minimum absolute atomic E-state index is 0.132. The number of allylic oxidation sites excluding steroid dienone is 7. The number of hydrogen-bond acceptors (Lipinski definition) is 4. The monoisotopic (exact) mass is 531 g/mol.